The Morgan fingerprint density at radius 1 is 1.39 bits per heavy atom. The summed E-state index contributed by atoms with van der Waals surface area (Å²) in [6, 6.07) is 2.88. The van der Waals surface area contributed by atoms with Gasteiger partial charge in [0, 0.05) is 19.2 Å². The Kier molecular flexibility index (Phi) is 4.51. The predicted molar refractivity (Wildman–Crippen MR) is 74.1 cm³/mol. The molecule has 0 aromatic heterocycles. The van der Waals surface area contributed by atoms with Crippen LogP contribution in [-0.4, -0.2) is 29.8 Å². The van der Waals surface area contributed by atoms with Gasteiger partial charge in [-0.15, -0.1) is 0 Å². The van der Waals surface area contributed by atoms with Crippen LogP contribution in [0.1, 0.15) is 12.0 Å². The summed E-state index contributed by atoms with van der Waals surface area (Å²) in [6.07, 6.45) is -5.14. The van der Waals surface area contributed by atoms with Gasteiger partial charge < -0.3 is 5.32 Å². The Morgan fingerprint density at radius 3 is 2.57 bits per heavy atom. The van der Waals surface area contributed by atoms with E-state index in [1.807, 2.05) is 0 Å². The zero-order valence-electron chi connectivity index (χ0n) is 11.7. The zero-order chi connectivity index (χ0) is 17.4. The van der Waals surface area contributed by atoms with Crippen molar-refractivity contribution in [3.8, 4) is 0 Å². The second-order valence-corrected chi connectivity index (χ2v) is 5.28. The molecule has 1 atom stereocenters. The summed E-state index contributed by atoms with van der Waals surface area (Å²) in [5, 5.41) is 2.67. The maximum Gasteiger partial charge on any atom is 0.417 e. The van der Waals surface area contributed by atoms with Crippen LogP contribution in [0.4, 0.5) is 18.9 Å². The Labute approximate surface area is 133 Å². The minimum atomic E-state index is -4.66. The standard InChI is InChI=1S/C13H11ClF3N3O3/c1-20-12(23)7(11(22)19-20)5-10(21)18-6-2-3-9(14)8(4-6)13(15,16)17/h2-4,7H,5H2,1H3,(H,18,21)(H,19,22). The van der Waals surface area contributed by atoms with Crippen LogP contribution < -0.4 is 10.7 Å². The molecule has 23 heavy (non-hydrogen) atoms. The van der Waals surface area contributed by atoms with Gasteiger partial charge in [0.25, 0.3) is 11.8 Å². The van der Waals surface area contributed by atoms with E-state index >= 15 is 0 Å². The van der Waals surface area contributed by atoms with E-state index < -0.39 is 46.8 Å². The lowest BCUT2D eigenvalue weighted by Gasteiger charge is -2.12. The summed E-state index contributed by atoms with van der Waals surface area (Å²) in [6.45, 7) is 0. The highest BCUT2D eigenvalue weighted by molar-refractivity contribution is 6.31. The van der Waals surface area contributed by atoms with E-state index in [-0.39, 0.29) is 5.69 Å². The summed E-state index contributed by atoms with van der Waals surface area (Å²) in [7, 11) is 1.33. The van der Waals surface area contributed by atoms with Crippen LogP contribution in [0, 0.1) is 5.92 Å². The molecular weight excluding hydrogens is 339 g/mol. The van der Waals surface area contributed by atoms with Crippen molar-refractivity contribution in [2.45, 2.75) is 12.6 Å². The highest BCUT2D eigenvalue weighted by Crippen LogP contribution is 2.36. The number of carbonyl (C=O) groups is 3. The lowest BCUT2D eigenvalue weighted by atomic mass is 10.0. The normalized spacial score (nSPS) is 18.1. The summed E-state index contributed by atoms with van der Waals surface area (Å²) in [5.41, 5.74) is 0.996. The minimum Gasteiger partial charge on any atom is -0.326 e. The van der Waals surface area contributed by atoms with Crippen LogP contribution in [0.5, 0.6) is 0 Å². The molecule has 0 bridgehead atoms. The third-order valence-electron chi connectivity index (χ3n) is 3.17. The number of hydrogen-bond acceptors (Lipinski definition) is 3. The molecule has 1 aromatic carbocycles. The molecule has 0 radical (unpaired) electrons. The van der Waals surface area contributed by atoms with Crippen LogP contribution >= 0.6 is 11.6 Å². The van der Waals surface area contributed by atoms with Gasteiger partial charge in [-0.25, -0.2) is 0 Å². The summed E-state index contributed by atoms with van der Waals surface area (Å²) >= 11 is 5.47. The van der Waals surface area contributed by atoms with Crippen LogP contribution in [0.15, 0.2) is 18.2 Å². The molecule has 1 unspecified atom stereocenters. The average molecular weight is 350 g/mol. The maximum absolute atomic E-state index is 12.7. The number of rotatable bonds is 3. The third-order valence-corrected chi connectivity index (χ3v) is 3.50. The average Bonchev–Trinajstić information content (AvgIpc) is 2.66. The zero-order valence-corrected chi connectivity index (χ0v) is 12.5. The van der Waals surface area contributed by atoms with E-state index in [2.05, 4.69) is 10.7 Å². The fraction of sp³-hybridized carbons (Fsp3) is 0.308. The van der Waals surface area contributed by atoms with Crippen molar-refractivity contribution in [3.63, 3.8) is 0 Å². The van der Waals surface area contributed by atoms with Crippen molar-refractivity contribution in [1.82, 2.24) is 10.4 Å². The predicted octanol–water partition coefficient (Wildman–Crippen LogP) is 1.81. The molecule has 124 valence electrons. The van der Waals surface area contributed by atoms with E-state index in [9.17, 15) is 27.6 Å². The van der Waals surface area contributed by atoms with Gasteiger partial charge in [0.05, 0.1) is 10.6 Å². The second-order valence-electron chi connectivity index (χ2n) is 4.87. The fourth-order valence-electron chi connectivity index (χ4n) is 2.04. The molecule has 3 amide bonds. The largest absolute Gasteiger partial charge is 0.417 e. The van der Waals surface area contributed by atoms with E-state index in [0.29, 0.717) is 6.07 Å². The fourth-order valence-corrected chi connectivity index (χ4v) is 2.27. The summed E-state index contributed by atoms with van der Waals surface area (Å²) in [5.74, 6) is -3.18. The van der Waals surface area contributed by atoms with E-state index in [1.54, 1.807) is 0 Å². The molecule has 1 saturated heterocycles. The lowest BCUT2D eigenvalue weighted by Crippen LogP contribution is -2.31. The topological polar surface area (TPSA) is 78.5 Å². The number of nitrogens with one attached hydrogen (secondary N) is 2. The Balaban J connectivity index is 2.09. The first-order chi connectivity index (χ1) is 10.6. The first kappa shape index (κ1) is 17.1. The molecule has 2 rings (SSSR count). The lowest BCUT2D eigenvalue weighted by molar-refractivity contribution is -0.137. The van der Waals surface area contributed by atoms with E-state index in [4.69, 9.17) is 11.6 Å². The molecule has 2 N–H and O–H groups in total. The van der Waals surface area contributed by atoms with Gasteiger partial charge in [-0.3, -0.25) is 24.8 Å². The van der Waals surface area contributed by atoms with Crippen molar-refractivity contribution >= 4 is 35.0 Å². The monoisotopic (exact) mass is 349 g/mol. The van der Waals surface area contributed by atoms with Crippen molar-refractivity contribution in [2.24, 2.45) is 5.92 Å². The van der Waals surface area contributed by atoms with Crippen LogP contribution in [0.25, 0.3) is 0 Å². The van der Waals surface area contributed by atoms with E-state index in [0.717, 1.165) is 11.1 Å². The van der Waals surface area contributed by atoms with Gasteiger partial charge in [0.2, 0.25) is 5.91 Å². The number of nitrogens with zero attached hydrogens (tertiary/aromatic N) is 1. The molecule has 10 heteroatoms. The molecule has 1 heterocycles. The number of benzene rings is 1. The molecular formula is C13H11ClF3N3O3. The number of amides is 3. The molecule has 1 aliphatic rings. The molecule has 6 nitrogen and oxygen atoms in total. The van der Waals surface area contributed by atoms with Gasteiger partial charge in [0.15, 0.2) is 0 Å². The van der Waals surface area contributed by atoms with Crippen LogP contribution in [0.3, 0.4) is 0 Å². The van der Waals surface area contributed by atoms with E-state index in [1.165, 1.54) is 13.1 Å². The first-order valence-electron chi connectivity index (χ1n) is 6.34. The Morgan fingerprint density at radius 2 is 2.04 bits per heavy atom. The highest BCUT2D eigenvalue weighted by Gasteiger charge is 2.38. The number of carbonyl (C=O) groups excluding carboxylic acids is 3. The quantitative estimate of drug-likeness (QED) is 0.817. The van der Waals surface area contributed by atoms with Gasteiger partial charge >= 0.3 is 6.18 Å². The second kappa shape index (κ2) is 6.07. The van der Waals surface area contributed by atoms with Gasteiger partial charge in [-0.2, -0.15) is 13.2 Å². The molecule has 0 aliphatic carbocycles. The Bertz CT molecular complexity index is 678. The van der Waals surface area contributed by atoms with Crippen molar-refractivity contribution < 1.29 is 27.6 Å². The smallest absolute Gasteiger partial charge is 0.326 e. The number of hydrazine groups is 1. The molecule has 1 fully saturated rings. The first-order valence-corrected chi connectivity index (χ1v) is 6.72. The van der Waals surface area contributed by atoms with Crippen LogP contribution in [-0.2, 0) is 20.6 Å². The third kappa shape index (κ3) is 3.73. The molecule has 0 spiro atoms. The highest BCUT2D eigenvalue weighted by atomic mass is 35.5. The molecule has 1 aromatic rings. The number of alkyl halides is 3. The maximum atomic E-state index is 12.7. The van der Waals surface area contributed by atoms with Gasteiger partial charge in [-0.05, 0) is 18.2 Å². The van der Waals surface area contributed by atoms with Gasteiger partial charge in [-0.1, -0.05) is 11.6 Å². The van der Waals surface area contributed by atoms with Crippen molar-refractivity contribution in [2.75, 3.05) is 12.4 Å². The number of hydrogen-bond donors (Lipinski definition) is 2. The van der Waals surface area contributed by atoms with Gasteiger partial charge in [0.1, 0.15) is 5.92 Å². The molecule has 0 saturated carbocycles. The van der Waals surface area contributed by atoms with Crippen molar-refractivity contribution in [1.29, 1.82) is 0 Å². The SMILES string of the molecule is CN1NC(=O)C(CC(=O)Nc2ccc(Cl)c(C(F)(F)F)c2)C1=O. The van der Waals surface area contributed by atoms with Crippen LogP contribution in [0.2, 0.25) is 5.02 Å². The van der Waals surface area contributed by atoms with Crippen molar-refractivity contribution in [3.05, 3.63) is 28.8 Å². The summed E-state index contributed by atoms with van der Waals surface area (Å²) in [4.78, 5) is 35.0. The summed E-state index contributed by atoms with van der Waals surface area (Å²) < 4.78 is 38.2. The Hall–Kier alpha value is -2.29. The number of halogens is 4. The number of anilines is 1. The minimum absolute atomic E-state index is 0.133. The molecule has 1 aliphatic heterocycles.